The lowest BCUT2D eigenvalue weighted by atomic mass is 9.80. The highest BCUT2D eigenvalue weighted by atomic mass is 79.9. The predicted octanol–water partition coefficient (Wildman–Crippen LogP) is 4.19. The zero-order valence-corrected chi connectivity index (χ0v) is 12.9. The monoisotopic (exact) mass is 328 g/mol. The Morgan fingerprint density at radius 3 is 2.50 bits per heavy atom. The summed E-state index contributed by atoms with van der Waals surface area (Å²) in [4.78, 5) is 0. The molecule has 2 aromatic rings. The van der Waals surface area contributed by atoms with E-state index in [0.29, 0.717) is 5.92 Å². The fourth-order valence-electron chi connectivity index (χ4n) is 3.63. The van der Waals surface area contributed by atoms with Gasteiger partial charge in [-0.1, -0.05) is 52.3 Å². The van der Waals surface area contributed by atoms with Crippen molar-refractivity contribution in [3.63, 3.8) is 0 Å². The molecule has 0 amide bonds. The van der Waals surface area contributed by atoms with Crippen LogP contribution in [0.1, 0.15) is 35.1 Å². The molecule has 2 aliphatic carbocycles. The van der Waals surface area contributed by atoms with Crippen LogP contribution >= 0.6 is 15.9 Å². The van der Waals surface area contributed by atoms with Crippen molar-refractivity contribution in [1.82, 2.24) is 0 Å². The molecule has 4 rings (SSSR count). The van der Waals surface area contributed by atoms with Gasteiger partial charge in [0.1, 0.15) is 5.60 Å². The van der Waals surface area contributed by atoms with Crippen LogP contribution in [0.2, 0.25) is 0 Å². The summed E-state index contributed by atoms with van der Waals surface area (Å²) in [5, 5.41) is 11.6. The van der Waals surface area contributed by atoms with E-state index in [1.54, 1.807) is 0 Å². The molecule has 0 radical (unpaired) electrons. The standard InChI is InChI=1S/C18H17BrO/c19-17-7-3-6-16-14(17)11-8-12-4-1-2-5-15(12)18(16,20)13-9-10-13/h1-7,13,20H,8-11H2. The molecule has 1 N–H and O–H groups in total. The Kier molecular flexibility index (Phi) is 2.80. The van der Waals surface area contributed by atoms with Gasteiger partial charge in [0.2, 0.25) is 0 Å². The van der Waals surface area contributed by atoms with Gasteiger partial charge < -0.3 is 5.11 Å². The lowest BCUT2D eigenvalue weighted by Gasteiger charge is -2.31. The van der Waals surface area contributed by atoms with Gasteiger partial charge >= 0.3 is 0 Å². The highest BCUT2D eigenvalue weighted by Gasteiger charge is 2.49. The zero-order valence-electron chi connectivity index (χ0n) is 11.3. The van der Waals surface area contributed by atoms with E-state index in [9.17, 15) is 5.11 Å². The summed E-state index contributed by atoms with van der Waals surface area (Å²) in [5.74, 6) is 0.370. The highest BCUT2D eigenvalue weighted by molar-refractivity contribution is 9.10. The molecule has 0 aromatic heterocycles. The van der Waals surface area contributed by atoms with Crippen molar-refractivity contribution in [2.45, 2.75) is 31.3 Å². The molecule has 2 aromatic carbocycles. The first kappa shape index (κ1) is 12.6. The van der Waals surface area contributed by atoms with Gasteiger partial charge in [0, 0.05) is 4.47 Å². The van der Waals surface area contributed by atoms with Crippen LogP contribution in [0.3, 0.4) is 0 Å². The summed E-state index contributed by atoms with van der Waals surface area (Å²) in [7, 11) is 0. The van der Waals surface area contributed by atoms with E-state index in [0.717, 1.165) is 41.3 Å². The summed E-state index contributed by atoms with van der Waals surface area (Å²) < 4.78 is 1.13. The molecule has 0 aliphatic heterocycles. The van der Waals surface area contributed by atoms with Crippen LogP contribution in [0.15, 0.2) is 46.9 Å². The van der Waals surface area contributed by atoms with E-state index < -0.39 is 5.60 Å². The van der Waals surface area contributed by atoms with Gasteiger partial charge in [-0.3, -0.25) is 0 Å². The van der Waals surface area contributed by atoms with Crippen LogP contribution in [0, 0.1) is 5.92 Å². The summed E-state index contributed by atoms with van der Waals surface area (Å²) in [6.45, 7) is 0. The maximum absolute atomic E-state index is 11.6. The maximum atomic E-state index is 11.6. The van der Waals surface area contributed by atoms with Gasteiger partial charge in [-0.15, -0.1) is 0 Å². The molecule has 2 heteroatoms. The van der Waals surface area contributed by atoms with Gasteiger partial charge in [-0.2, -0.15) is 0 Å². The fourth-order valence-corrected chi connectivity index (χ4v) is 4.19. The number of hydrogen-bond donors (Lipinski definition) is 1. The van der Waals surface area contributed by atoms with Crippen molar-refractivity contribution in [2.24, 2.45) is 5.92 Å². The third-order valence-electron chi connectivity index (χ3n) is 4.77. The second kappa shape index (κ2) is 4.44. The molecule has 20 heavy (non-hydrogen) atoms. The van der Waals surface area contributed by atoms with Gasteiger partial charge in [-0.05, 0) is 59.9 Å². The van der Waals surface area contributed by atoms with Crippen molar-refractivity contribution in [3.8, 4) is 0 Å². The zero-order chi connectivity index (χ0) is 13.7. The van der Waals surface area contributed by atoms with Crippen LogP contribution in [0.5, 0.6) is 0 Å². The van der Waals surface area contributed by atoms with E-state index in [1.165, 1.54) is 11.1 Å². The minimum absolute atomic E-state index is 0.370. The van der Waals surface area contributed by atoms with Gasteiger partial charge in [0.25, 0.3) is 0 Å². The maximum Gasteiger partial charge on any atom is 0.118 e. The number of benzene rings is 2. The first-order valence-electron chi connectivity index (χ1n) is 7.30. The molecular formula is C18H17BrO. The Morgan fingerprint density at radius 1 is 0.950 bits per heavy atom. The second-order valence-electron chi connectivity index (χ2n) is 5.96. The average molecular weight is 329 g/mol. The molecule has 0 saturated heterocycles. The van der Waals surface area contributed by atoms with Gasteiger partial charge in [0.15, 0.2) is 0 Å². The second-order valence-corrected chi connectivity index (χ2v) is 6.82. The molecular weight excluding hydrogens is 312 g/mol. The van der Waals surface area contributed by atoms with E-state index in [-0.39, 0.29) is 0 Å². The summed E-state index contributed by atoms with van der Waals surface area (Å²) in [5.41, 5.74) is 4.01. The molecule has 0 bridgehead atoms. The molecule has 1 nitrogen and oxygen atoms in total. The number of hydrogen-bond acceptors (Lipinski definition) is 1. The quantitative estimate of drug-likeness (QED) is 0.832. The average Bonchev–Trinajstić information content (AvgIpc) is 3.29. The topological polar surface area (TPSA) is 20.2 Å². The minimum Gasteiger partial charge on any atom is -0.380 e. The Morgan fingerprint density at radius 2 is 1.70 bits per heavy atom. The van der Waals surface area contributed by atoms with Crippen molar-refractivity contribution in [2.75, 3.05) is 0 Å². The molecule has 1 fully saturated rings. The van der Waals surface area contributed by atoms with Crippen LogP contribution in [-0.4, -0.2) is 5.11 Å². The molecule has 0 heterocycles. The van der Waals surface area contributed by atoms with Crippen LogP contribution in [0.4, 0.5) is 0 Å². The predicted molar refractivity (Wildman–Crippen MR) is 83.7 cm³/mol. The molecule has 2 aliphatic rings. The Balaban J connectivity index is 2.03. The van der Waals surface area contributed by atoms with E-state index in [4.69, 9.17) is 0 Å². The van der Waals surface area contributed by atoms with Crippen LogP contribution < -0.4 is 0 Å². The largest absolute Gasteiger partial charge is 0.380 e. The third kappa shape index (κ3) is 1.71. The van der Waals surface area contributed by atoms with E-state index in [1.807, 2.05) is 6.07 Å². The summed E-state index contributed by atoms with van der Waals surface area (Å²) >= 11 is 3.67. The highest BCUT2D eigenvalue weighted by Crippen LogP contribution is 2.53. The smallest absolute Gasteiger partial charge is 0.118 e. The van der Waals surface area contributed by atoms with Gasteiger partial charge in [0.05, 0.1) is 0 Å². The summed E-state index contributed by atoms with van der Waals surface area (Å²) in [6.07, 6.45) is 4.23. The number of fused-ring (bicyclic) bond motifs is 2. The summed E-state index contributed by atoms with van der Waals surface area (Å²) in [6, 6.07) is 14.7. The molecule has 102 valence electrons. The SMILES string of the molecule is OC1(C2CC2)c2ccccc2CCc2c(Br)cccc21. The lowest BCUT2D eigenvalue weighted by Crippen LogP contribution is -2.31. The molecule has 0 spiro atoms. The van der Waals surface area contributed by atoms with E-state index in [2.05, 4.69) is 52.3 Å². The minimum atomic E-state index is -0.799. The number of aliphatic hydroxyl groups is 1. The van der Waals surface area contributed by atoms with Gasteiger partial charge in [-0.25, -0.2) is 0 Å². The van der Waals surface area contributed by atoms with Crippen molar-refractivity contribution >= 4 is 15.9 Å². The Labute approximate surface area is 127 Å². The normalized spacial score (nSPS) is 24.7. The first-order valence-corrected chi connectivity index (χ1v) is 8.09. The molecule has 1 unspecified atom stereocenters. The van der Waals surface area contributed by atoms with E-state index >= 15 is 0 Å². The van der Waals surface area contributed by atoms with Crippen molar-refractivity contribution < 1.29 is 5.11 Å². The third-order valence-corrected chi connectivity index (χ3v) is 5.51. The Bertz CT molecular complexity index is 675. The number of halogens is 1. The fraction of sp³-hybridized carbons (Fsp3) is 0.333. The number of aryl methyl sites for hydroxylation is 1. The molecule has 1 saturated carbocycles. The van der Waals surface area contributed by atoms with Crippen molar-refractivity contribution in [1.29, 1.82) is 0 Å². The van der Waals surface area contributed by atoms with Crippen molar-refractivity contribution in [3.05, 3.63) is 69.2 Å². The number of rotatable bonds is 1. The van der Waals surface area contributed by atoms with Crippen LogP contribution in [0.25, 0.3) is 0 Å². The molecule has 1 atom stereocenters. The lowest BCUT2D eigenvalue weighted by molar-refractivity contribution is 0.0557. The first-order chi connectivity index (χ1) is 9.71. The van der Waals surface area contributed by atoms with Crippen LogP contribution in [-0.2, 0) is 18.4 Å². The Hall–Kier alpha value is -1.12.